The van der Waals surface area contributed by atoms with Crippen LogP contribution >= 0.6 is 0 Å². The van der Waals surface area contributed by atoms with Crippen LogP contribution in [0.3, 0.4) is 0 Å². The molecule has 2 heterocycles. The number of carbonyl (C=O) groups is 1. The summed E-state index contributed by atoms with van der Waals surface area (Å²) < 4.78 is 1.18. The number of aromatic nitrogens is 5. The number of nitrogens with zero attached hydrogens (tertiary/aromatic N) is 5. The minimum absolute atomic E-state index is 0.139. The topological polar surface area (TPSA) is 96.8 Å². The zero-order valence-corrected chi connectivity index (χ0v) is 12.8. The van der Waals surface area contributed by atoms with Gasteiger partial charge in [-0.3, -0.25) is 14.7 Å². The number of hydrogen-bond donors (Lipinski definition) is 1. The van der Waals surface area contributed by atoms with Crippen molar-refractivity contribution in [2.24, 2.45) is 7.05 Å². The van der Waals surface area contributed by atoms with Gasteiger partial charge in [-0.2, -0.15) is 10.2 Å². The molecule has 1 amide bonds. The fraction of sp³-hybridized carbons (Fsp3) is 0.462. The van der Waals surface area contributed by atoms with E-state index in [1.54, 1.807) is 27.8 Å². The standard InChI is InChI=1S/C13H18N6O2/c1-7-8(2)17-19(5)13(21)11(7)12(20)18(4)6-10-14-9(3)15-16-10/h6H2,1-5H3,(H,14,15,16). The highest BCUT2D eigenvalue weighted by atomic mass is 16.2. The van der Waals surface area contributed by atoms with Gasteiger partial charge in [-0.25, -0.2) is 9.67 Å². The molecule has 0 saturated carbocycles. The lowest BCUT2D eigenvalue weighted by atomic mass is 10.1. The molecule has 0 bridgehead atoms. The Labute approximate surface area is 121 Å². The van der Waals surface area contributed by atoms with E-state index < -0.39 is 5.56 Å². The molecule has 8 heteroatoms. The average molecular weight is 290 g/mol. The molecule has 0 atom stereocenters. The third kappa shape index (κ3) is 2.83. The first-order chi connectivity index (χ1) is 9.81. The van der Waals surface area contributed by atoms with Crippen LogP contribution in [0.2, 0.25) is 0 Å². The van der Waals surface area contributed by atoms with Crippen molar-refractivity contribution in [2.45, 2.75) is 27.3 Å². The van der Waals surface area contributed by atoms with Gasteiger partial charge in [0.2, 0.25) is 0 Å². The van der Waals surface area contributed by atoms with Crippen LogP contribution in [0.5, 0.6) is 0 Å². The Morgan fingerprint density at radius 2 is 2.00 bits per heavy atom. The van der Waals surface area contributed by atoms with Crippen LogP contribution in [-0.2, 0) is 13.6 Å². The van der Waals surface area contributed by atoms with Gasteiger partial charge in [0, 0.05) is 14.1 Å². The Hall–Kier alpha value is -2.51. The predicted octanol–water partition coefficient (Wildman–Crippen LogP) is 0.0959. The van der Waals surface area contributed by atoms with Crippen LogP contribution in [0.4, 0.5) is 0 Å². The summed E-state index contributed by atoms with van der Waals surface area (Å²) in [7, 11) is 3.15. The second kappa shape index (κ2) is 5.47. The number of carbonyl (C=O) groups excluding carboxylic acids is 1. The summed E-state index contributed by atoms with van der Waals surface area (Å²) in [6.45, 7) is 5.50. The van der Waals surface area contributed by atoms with Crippen molar-refractivity contribution in [1.82, 2.24) is 29.9 Å². The molecular formula is C13H18N6O2. The lowest BCUT2D eigenvalue weighted by Gasteiger charge is -2.17. The summed E-state index contributed by atoms with van der Waals surface area (Å²) in [5.74, 6) is 0.822. The van der Waals surface area contributed by atoms with Crippen LogP contribution in [0, 0.1) is 20.8 Å². The maximum atomic E-state index is 12.5. The van der Waals surface area contributed by atoms with Crippen molar-refractivity contribution in [1.29, 1.82) is 0 Å². The van der Waals surface area contributed by atoms with Crippen LogP contribution in [0.25, 0.3) is 0 Å². The van der Waals surface area contributed by atoms with Gasteiger partial charge in [0.15, 0.2) is 5.82 Å². The molecule has 112 valence electrons. The van der Waals surface area contributed by atoms with Crippen molar-refractivity contribution >= 4 is 5.91 Å². The molecule has 1 N–H and O–H groups in total. The Kier molecular flexibility index (Phi) is 3.88. The second-order valence-electron chi connectivity index (χ2n) is 5.01. The van der Waals surface area contributed by atoms with Crippen molar-refractivity contribution in [2.75, 3.05) is 7.05 Å². The van der Waals surface area contributed by atoms with Gasteiger partial charge in [0.05, 0.1) is 12.2 Å². The van der Waals surface area contributed by atoms with E-state index in [-0.39, 0.29) is 18.0 Å². The molecule has 0 aliphatic carbocycles. The monoisotopic (exact) mass is 290 g/mol. The SMILES string of the molecule is Cc1nc(CN(C)C(=O)c2c(C)c(C)nn(C)c2=O)n[nH]1. The third-order valence-corrected chi connectivity index (χ3v) is 3.31. The Bertz CT molecular complexity index is 746. The smallest absolute Gasteiger partial charge is 0.279 e. The van der Waals surface area contributed by atoms with E-state index in [0.29, 0.717) is 22.9 Å². The van der Waals surface area contributed by atoms with Crippen LogP contribution in [0.15, 0.2) is 4.79 Å². The summed E-state index contributed by atoms with van der Waals surface area (Å²) in [6.07, 6.45) is 0. The van der Waals surface area contributed by atoms with Crippen molar-refractivity contribution < 1.29 is 4.79 Å². The van der Waals surface area contributed by atoms with Crippen molar-refractivity contribution in [3.05, 3.63) is 38.8 Å². The Morgan fingerprint density at radius 3 is 2.57 bits per heavy atom. The molecule has 21 heavy (non-hydrogen) atoms. The van der Waals surface area contributed by atoms with Crippen LogP contribution in [0.1, 0.15) is 33.3 Å². The molecule has 0 aliphatic heterocycles. The number of amides is 1. The van der Waals surface area contributed by atoms with E-state index in [2.05, 4.69) is 20.3 Å². The molecule has 0 saturated heterocycles. The Morgan fingerprint density at radius 1 is 1.33 bits per heavy atom. The minimum Gasteiger partial charge on any atom is -0.334 e. The maximum Gasteiger partial charge on any atom is 0.279 e. The first kappa shape index (κ1) is 14.9. The first-order valence-electron chi connectivity index (χ1n) is 6.49. The lowest BCUT2D eigenvalue weighted by Crippen LogP contribution is -2.36. The summed E-state index contributed by atoms with van der Waals surface area (Å²) in [4.78, 5) is 30.3. The quantitative estimate of drug-likeness (QED) is 0.864. The highest BCUT2D eigenvalue weighted by Gasteiger charge is 2.22. The van der Waals surface area contributed by atoms with Gasteiger partial charge >= 0.3 is 0 Å². The molecule has 0 aromatic carbocycles. The zero-order chi connectivity index (χ0) is 15.7. The summed E-state index contributed by atoms with van der Waals surface area (Å²) in [5.41, 5.74) is 0.990. The second-order valence-corrected chi connectivity index (χ2v) is 5.01. The van der Waals surface area contributed by atoms with E-state index >= 15 is 0 Å². The molecule has 0 unspecified atom stereocenters. The number of aryl methyl sites for hydroxylation is 3. The number of H-pyrrole nitrogens is 1. The molecule has 2 aromatic heterocycles. The number of nitrogens with one attached hydrogen (secondary N) is 1. The van der Waals surface area contributed by atoms with Gasteiger partial charge in [0.1, 0.15) is 11.4 Å². The van der Waals surface area contributed by atoms with E-state index in [1.165, 1.54) is 16.6 Å². The maximum absolute atomic E-state index is 12.5. The van der Waals surface area contributed by atoms with E-state index in [9.17, 15) is 9.59 Å². The summed E-state index contributed by atoms with van der Waals surface area (Å²) in [6, 6.07) is 0. The fourth-order valence-electron chi connectivity index (χ4n) is 2.03. The van der Waals surface area contributed by atoms with Gasteiger partial charge in [-0.05, 0) is 26.3 Å². The third-order valence-electron chi connectivity index (χ3n) is 3.31. The fourth-order valence-corrected chi connectivity index (χ4v) is 2.03. The largest absolute Gasteiger partial charge is 0.334 e. The van der Waals surface area contributed by atoms with Gasteiger partial charge in [-0.1, -0.05) is 0 Å². The van der Waals surface area contributed by atoms with Crippen molar-refractivity contribution in [3.8, 4) is 0 Å². The first-order valence-corrected chi connectivity index (χ1v) is 6.49. The van der Waals surface area contributed by atoms with Crippen LogP contribution < -0.4 is 5.56 Å². The van der Waals surface area contributed by atoms with Crippen LogP contribution in [-0.4, -0.2) is 42.8 Å². The molecule has 0 spiro atoms. The minimum atomic E-state index is -0.402. The molecule has 8 nitrogen and oxygen atoms in total. The van der Waals surface area contributed by atoms with Gasteiger partial charge < -0.3 is 4.90 Å². The normalized spacial score (nSPS) is 10.7. The lowest BCUT2D eigenvalue weighted by molar-refractivity contribution is 0.0778. The Balaban J connectivity index is 2.34. The number of aromatic amines is 1. The molecule has 0 radical (unpaired) electrons. The van der Waals surface area contributed by atoms with Crippen molar-refractivity contribution in [3.63, 3.8) is 0 Å². The molecule has 0 aliphatic rings. The van der Waals surface area contributed by atoms with Gasteiger partial charge in [0.25, 0.3) is 11.5 Å². The van der Waals surface area contributed by atoms with E-state index in [0.717, 1.165) is 0 Å². The molecular weight excluding hydrogens is 272 g/mol. The molecule has 2 rings (SSSR count). The summed E-state index contributed by atoms with van der Waals surface area (Å²) >= 11 is 0. The highest BCUT2D eigenvalue weighted by molar-refractivity contribution is 5.95. The number of hydrogen-bond acceptors (Lipinski definition) is 5. The van der Waals surface area contributed by atoms with Gasteiger partial charge in [-0.15, -0.1) is 0 Å². The highest BCUT2D eigenvalue weighted by Crippen LogP contribution is 2.09. The predicted molar refractivity (Wildman–Crippen MR) is 75.9 cm³/mol. The molecule has 2 aromatic rings. The average Bonchev–Trinajstić information content (AvgIpc) is 2.82. The summed E-state index contributed by atoms with van der Waals surface area (Å²) in [5, 5.41) is 10.8. The van der Waals surface area contributed by atoms with E-state index in [1.807, 2.05) is 0 Å². The zero-order valence-electron chi connectivity index (χ0n) is 12.8. The van der Waals surface area contributed by atoms with E-state index in [4.69, 9.17) is 0 Å². The number of rotatable bonds is 3. The molecule has 0 fully saturated rings.